The van der Waals surface area contributed by atoms with Crippen molar-refractivity contribution in [2.75, 3.05) is 5.73 Å². The van der Waals surface area contributed by atoms with Crippen LogP contribution in [0.3, 0.4) is 0 Å². The average Bonchev–Trinajstić information content (AvgIpc) is 3.33. The quantitative estimate of drug-likeness (QED) is 0.517. The van der Waals surface area contributed by atoms with E-state index in [4.69, 9.17) is 5.73 Å². The van der Waals surface area contributed by atoms with E-state index < -0.39 is 0 Å². The third-order valence-corrected chi connectivity index (χ3v) is 7.03. The Morgan fingerprint density at radius 2 is 1.81 bits per heavy atom. The maximum absolute atomic E-state index is 5.92. The Balaban J connectivity index is 1.60. The fraction of sp³-hybridized carbons (Fsp3) is 0.429. The first-order valence-electron chi connectivity index (χ1n) is 9.64. The number of nitrogen functional groups attached to an aromatic ring is 1. The summed E-state index contributed by atoms with van der Waals surface area (Å²) in [6.45, 7) is 2.15. The third-order valence-electron chi connectivity index (χ3n) is 5.61. The first-order valence-corrected chi connectivity index (χ1v) is 10.7. The van der Waals surface area contributed by atoms with Crippen LogP contribution in [0.2, 0.25) is 0 Å². The Morgan fingerprint density at radius 3 is 2.52 bits per heavy atom. The number of hydrogen-bond donors (Lipinski definition) is 1. The standard InChI is InChI=1S/C21H27N5S/c1-16-12-18(22)7-6-17(16)13-27-20-5-3-2-4-19(25-10-8-23-14-25)21(20)26-11-9-24-15-26/h6-12,14-15,19-21H,2-5,13,22H2,1H3. The van der Waals surface area contributed by atoms with Crippen molar-refractivity contribution < 1.29 is 0 Å². The van der Waals surface area contributed by atoms with E-state index in [9.17, 15) is 0 Å². The van der Waals surface area contributed by atoms with Crippen molar-refractivity contribution in [2.45, 2.75) is 55.7 Å². The van der Waals surface area contributed by atoms with Gasteiger partial charge in [0, 0.05) is 41.5 Å². The summed E-state index contributed by atoms with van der Waals surface area (Å²) in [5, 5.41) is 0.533. The van der Waals surface area contributed by atoms with E-state index in [0.29, 0.717) is 17.3 Å². The minimum absolute atomic E-state index is 0.378. The second-order valence-electron chi connectivity index (χ2n) is 7.40. The highest BCUT2D eigenvalue weighted by Gasteiger charge is 2.34. The Kier molecular flexibility index (Phi) is 5.53. The maximum Gasteiger partial charge on any atom is 0.0949 e. The number of thioether (sulfide) groups is 1. The van der Waals surface area contributed by atoms with Crippen LogP contribution < -0.4 is 5.73 Å². The lowest BCUT2D eigenvalue weighted by atomic mass is 10.0. The highest BCUT2D eigenvalue weighted by atomic mass is 32.2. The molecule has 1 aliphatic rings. The molecule has 1 aromatic carbocycles. The highest BCUT2D eigenvalue weighted by Crippen LogP contribution is 2.43. The zero-order valence-corrected chi connectivity index (χ0v) is 16.6. The lowest BCUT2D eigenvalue weighted by Gasteiger charge is -2.33. The van der Waals surface area contributed by atoms with Gasteiger partial charge in [-0.25, -0.2) is 9.97 Å². The summed E-state index contributed by atoms with van der Waals surface area (Å²) in [6.07, 6.45) is 16.9. The van der Waals surface area contributed by atoms with Gasteiger partial charge in [0.15, 0.2) is 0 Å². The summed E-state index contributed by atoms with van der Waals surface area (Å²) in [4.78, 5) is 8.64. The van der Waals surface area contributed by atoms with Crippen LogP contribution in [0.25, 0.3) is 0 Å². The molecule has 2 aromatic heterocycles. The molecule has 142 valence electrons. The number of benzene rings is 1. The van der Waals surface area contributed by atoms with Gasteiger partial charge in [-0.1, -0.05) is 18.9 Å². The second kappa shape index (κ2) is 8.21. The van der Waals surface area contributed by atoms with E-state index in [1.54, 1.807) is 0 Å². The molecule has 3 unspecified atom stereocenters. The molecule has 1 fully saturated rings. The van der Waals surface area contributed by atoms with Crippen molar-refractivity contribution in [3.8, 4) is 0 Å². The van der Waals surface area contributed by atoms with E-state index in [0.717, 1.165) is 11.4 Å². The summed E-state index contributed by atoms with van der Waals surface area (Å²) >= 11 is 2.07. The normalized spacial score (nSPS) is 23.2. The number of rotatable bonds is 5. The molecule has 1 saturated carbocycles. The molecule has 0 aliphatic heterocycles. The largest absolute Gasteiger partial charge is 0.399 e. The van der Waals surface area contributed by atoms with Crippen molar-refractivity contribution in [1.82, 2.24) is 19.1 Å². The Morgan fingerprint density at radius 1 is 1.07 bits per heavy atom. The number of aromatic nitrogens is 4. The van der Waals surface area contributed by atoms with Gasteiger partial charge in [0.2, 0.25) is 0 Å². The van der Waals surface area contributed by atoms with Crippen molar-refractivity contribution in [3.63, 3.8) is 0 Å². The minimum Gasteiger partial charge on any atom is -0.399 e. The number of nitrogens with two attached hydrogens (primary N) is 1. The van der Waals surface area contributed by atoms with Crippen molar-refractivity contribution in [2.24, 2.45) is 0 Å². The molecule has 0 bridgehead atoms. The number of hydrogen-bond acceptors (Lipinski definition) is 4. The smallest absolute Gasteiger partial charge is 0.0949 e. The molecular formula is C21H27N5S. The molecule has 0 amide bonds. The van der Waals surface area contributed by atoms with Crippen LogP contribution in [0.5, 0.6) is 0 Å². The monoisotopic (exact) mass is 381 g/mol. The van der Waals surface area contributed by atoms with Crippen LogP contribution >= 0.6 is 11.8 Å². The molecule has 6 heteroatoms. The topological polar surface area (TPSA) is 61.7 Å². The van der Waals surface area contributed by atoms with Crippen LogP contribution in [0.1, 0.15) is 48.9 Å². The molecule has 5 nitrogen and oxygen atoms in total. The van der Waals surface area contributed by atoms with Crippen LogP contribution in [-0.2, 0) is 5.75 Å². The van der Waals surface area contributed by atoms with Crippen LogP contribution in [0.4, 0.5) is 5.69 Å². The van der Waals surface area contributed by atoms with Gasteiger partial charge in [-0.3, -0.25) is 0 Å². The molecule has 2 heterocycles. The summed E-state index contributed by atoms with van der Waals surface area (Å²) in [5.41, 5.74) is 9.42. The molecular weight excluding hydrogens is 354 g/mol. The van der Waals surface area contributed by atoms with E-state index in [2.05, 4.69) is 62.3 Å². The van der Waals surface area contributed by atoms with Gasteiger partial charge in [0.1, 0.15) is 0 Å². The lowest BCUT2D eigenvalue weighted by Crippen LogP contribution is -2.29. The summed E-state index contributed by atoms with van der Waals surface area (Å²) < 4.78 is 4.60. The van der Waals surface area contributed by atoms with Crippen LogP contribution in [0.15, 0.2) is 55.6 Å². The summed E-state index contributed by atoms with van der Waals surface area (Å²) in [5.74, 6) is 1.01. The van der Waals surface area contributed by atoms with Gasteiger partial charge in [-0.05, 0) is 43.0 Å². The average molecular weight is 382 g/mol. The van der Waals surface area contributed by atoms with Crippen LogP contribution in [0, 0.1) is 6.92 Å². The predicted octanol–water partition coefficient (Wildman–Crippen LogP) is 4.63. The fourth-order valence-corrected chi connectivity index (χ4v) is 5.75. The molecule has 27 heavy (non-hydrogen) atoms. The Labute approximate surface area is 165 Å². The fourth-order valence-electron chi connectivity index (χ4n) is 4.18. The van der Waals surface area contributed by atoms with Gasteiger partial charge < -0.3 is 14.9 Å². The zero-order valence-electron chi connectivity index (χ0n) is 15.7. The van der Waals surface area contributed by atoms with Crippen molar-refractivity contribution in [3.05, 3.63) is 66.8 Å². The first-order chi connectivity index (χ1) is 13.2. The van der Waals surface area contributed by atoms with E-state index in [1.807, 2.05) is 31.1 Å². The molecule has 2 N–H and O–H groups in total. The van der Waals surface area contributed by atoms with Gasteiger partial charge in [0.25, 0.3) is 0 Å². The van der Waals surface area contributed by atoms with Gasteiger partial charge in [-0.15, -0.1) is 0 Å². The third kappa shape index (κ3) is 4.05. The lowest BCUT2D eigenvalue weighted by molar-refractivity contribution is 0.313. The van der Waals surface area contributed by atoms with Gasteiger partial charge in [0.05, 0.1) is 24.7 Å². The van der Waals surface area contributed by atoms with Crippen LogP contribution in [-0.4, -0.2) is 24.4 Å². The molecule has 0 saturated heterocycles. The van der Waals surface area contributed by atoms with Gasteiger partial charge in [-0.2, -0.15) is 11.8 Å². The van der Waals surface area contributed by atoms with E-state index >= 15 is 0 Å². The Hall–Kier alpha value is -2.21. The number of nitrogens with zero attached hydrogens (tertiary/aromatic N) is 4. The van der Waals surface area contributed by atoms with E-state index in [1.165, 1.54) is 36.8 Å². The summed E-state index contributed by atoms with van der Waals surface area (Å²) in [7, 11) is 0. The molecule has 3 atom stereocenters. The predicted molar refractivity (Wildman–Crippen MR) is 112 cm³/mol. The second-order valence-corrected chi connectivity index (χ2v) is 8.63. The molecule has 0 spiro atoms. The Bertz CT molecular complexity index is 844. The zero-order chi connectivity index (χ0) is 18.6. The first kappa shape index (κ1) is 18.2. The molecule has 4 rings (SSSR count). The maximum atomic E-state index is 5.92. The SMILES string of the molecule is Cc1cc(N)ccc1CSC1CCCCC(n2ccnc2)C1n1ccnc1. The van der Waals surface area contributed by atoms with E-state index in [-0.39, 0.29) is 0 Å². The molecule has 0 radical (unpaired) electrons. The molecule has 1 aliphatic carbocycles. The van der Waals surface area contributed by atoms with Crippen molar-refractivity contribution >= 4 is 17.4 Å². The number of anilines is 1. The number of imidazole rings is 2. The minimum atomic E-state index is 0.378. The summed E-state index contributed by atoms with van der Waals surface area (Å²) in [6, 6.07) is 7.05. The van der Waals surface area contributed by atoms with Gasteiger partial charge >= 0.3 is 0 Å². The molecule has 3 aromatic rings. The van der Waals surface area contributed by atoms with Crippen molar-refractivity contribution in [1.29, 1.82) is 0 Å². The highest BCUT2D eigenvalue weighted by molar-refractivity contribution is 7.99. The number of aryl methyl sites for hydroxylation is 1.